The Morgan fingerprint density at radius 1 is 1.55 bits per heavy atom. The highest BCUT2D eigenvalue weighted by molar-refractivity contribution is 5.85. The summed E-state index contributed by atoms with van der Waals surface area (Å²) in [6.07, 6.45) is 0.468. The van der Waals surface area contributed by atoms with Crippen LogP contribution in [0.15, 0.2) is 12.2 Å². The zero-order chi connectivity index (χ0) is 8.15. The molecule has 0 saturated carbocycles. The monoisotopic (exact) mass is 178 g/mol. The average molecular weight is 179 g/mol. The van der Waals surface area contributed by atoms with Crippen molar-refractivity contribution in [2.45, 2.75) is 6.42 Å². The molecular formula is C7H13ClNO2-. The first kappa shape index (κ1) is 13.1. The van der Waals surface area contributed by atoms with E-state index in [1.807, 2.05) is 19.0 Å². The SMILES string of the molecule is C=C(CCN(C)C)C(=O)[O-].Cl. The van der Waals surface area contributed by atoms with E-state index in [4.69, 9.17) is 0 Å². The second kappa shape index (κ2) is 6.19. The van der Waals surface area contributed by atoms with Crippen molar-refractivity contribution < 1.29 is 9.90 Å². The van der Waals surface area contributed by atoms with E-state index in [2.05, 4.69) is 6.58 Å². The van der Waals surface area contributed by atoms with Crippen molar-refractivity contribution in [3.8, 4) is 0 Å². The van der Waals surface area contributed by atoms with Crippen molar-refractivity contribution in [2.24, 2.45) is 0 Å². The summed E-state index contributed by atoms with van der Waals surface area (Å²) in [5, 5.41) is 10.1. The summed E-state index contributed by atoms with van der Waals surface area (Å²) in [5.74, 6) is -1.15. The zero-order valence-corrected chi connectivity index (χ0v) is 7.61. The maximum Gasteiger partial charge on any atom is 0.0669 e. The standard InChI is InChI=1S/C7H13NO2.ClH/c1-6(7(9)10)4-5-8(2)3;/h1,4-5H2,2-3H3,(H,9,10);1H/p-1. The van der Waals surface area contributed by atoms with Crippen molar-refractivity contribution in [2.75, 3.05) is 20.6 Å². The van der Waals surface area contributed by atoms with Gasteiger partial charge in [-0.25, -0.2) is 0 Å². The van der Waals surface area contributed by atoms with E-state index in [-0.39, 0.29) is 18.0 Å². The minimum Gasteiger partial charge on any atom is -0.545 e. The molecule has 0 radical (unpaired) electrons. The third kappa shape index (κ3) is 7.36. The van der Waals surface area contributed by atoms with Crippen molar-refractivity contribution in [3.05, 3.63) is 12.2 Å². The van der Waals surface area contributed by atoms with Gasteiger partial charge in [-0.1, -0.05) is 6.58 Å². The predicted octanol–water partition coefficient (Wildman–Crippen LogP) is -0.334. The molecule has 0 aromatic carbocycles. The topological polar surface area (TPSA) is 43.4 Å². The molecular weight excluding hydrogens is 166 g/mol. The number of aliphatic carboxylic acids is 1. The van der Waals surface area contributed by atoms with Gasteiger partial charge in [-0.2, -0.15) is 0 Å². The number of halogens is 1. The van der Waals surface area contributed by atoms with Crippen molar-refractivity contribution in [3.63, 3.8) is 0 Å². The van der Waals surface area contributed by atoms with Crippen LogP contribution < -0.4 is 5.11 Å². The van der Waals surface area contributed by atoms with Gasteiger partial charge in [-0.3, -0.25) is 0 Å². The summed E-state index contributed by atoms with van der Waals surface area (Å²) in [6.45, 7) is 4.04. The third-order valence-corrected chi connectivity index (χ3v) is 1.15. The van der Waals surface area contributed by atoms with Crippen LogP contribution in [0.2, 0.25) is 0 Å². The number of carbonyl (C=O) groups excluding carboxylic acids is 1. The van der Waals surface area contributed by atoms with Gasteiger partial charge in [0, 0.05) is 6.54 Å². The number of hydrogen-bond donors (Lipinski definition) is 0. The fraction of sp³-hybridized carbons (Fsp3) is 0.571. The minimum absolute atomic E-state index is 0. The van der Waals surface area contributed by atoms with Crippen molar-refractivity contribution >= 4 is 18.4 Å². The van der Waals surface area contributed by atoms with Gasteiger partial charge in [0.2, 0.25) is 0 Å². The lowest BCUT2D eigenvalue weighted by Gasteiger charge is -2.10. The molecule has 3 nitrogen and oxygen atoms in total. The van der Waals surface area contributed by atoms with E-state index in [1.54, 1.807) is 0 Å². The molecule has 0 aliphatic rings. The van der Waals surface area contributed by atoms with Gasteiger partial charge in [0.1, 0.15) is 0 Å². The van der Waals surface area contributed by atoms with Gasteiger partial charge < -0.3 is 14.8 Å². The van der Waals surface area contributed by atoms with Gasteiger partial charge in [0.15, 0.2) is 0 Å². The third-order valence-electron chi connectivity index (χ3n) is 1.15. The van der Waals surface area contributed by atoms with Gasteiger partial charge >= 0.3 is 0 Å². The Kier molecular flexibility index (Phi) is 7.36. The number of nitrogens with zero attached hydrogens (tertiary/aromatic N) is 1. The molecule has 0 N–H and O–H groups in total. The lowest BCUT2D eigenvalue weighted by atomic mass is 10.2. The molecule has 66 valence electrons. The number of carboxylic acid groups (broad SMARTS) is 1. The largest absolute Gasteiger partial charge is 0.545 e. The fourth-order valence-electron chi connectivity index (χ4n) is 0.461. The minimum atomic E-state index is -1.15. The maximum atomic E-state index is 10.1. The highest BCUT2D eigenvalue weighted by atomic mass is 35.5. The Balaban J connectivity index is 0. The summed E-state index contributed by atoms with van der Waals surface area (Å²) in [7, 11) is 3.76. The average Bonchev–Trinajstić information content (AvgIpc) is 1.82. The Morgan fingerprint density at radius 2 is 2.00 bits per heavy atom. The van der Waals surface area contributed by atoms with E-state index >= 15 is 0 Å². The molecule has 0 bridgehead atoms. The summed E-state index contributed by atoms with van der Waals surface area (Å²) in [6, 6.07) is 0. The summed E-state index contributed by atoms with van der Waals surface area (Å²) in [4.78, 5) is 12.0. The molecule has 0 heterocycles. The van der Waals surface area contributed by atoms with Crippen LogP contribution in [-0.4, -0.2) is 31.5 Å². The molecule has 0 rings (SSSR count). The van der Waals surface area contributed by atoms with E-state index in [0.29, 0.717) is 13.0 Å². The number of rotatable bonds is 4. The number of hydrogen-bond acceptors (Lipinski definition) is 3. The first-order chi connectivity index (χ1) is 4.54. The number of carbonyl (C=O) groups is 1. The van der Waals surface area contributed by atoms with Gasteiger partial charge in [-0.05, 0) is 26.1 Å². The summed E-state index contributed by atoms with van der Waals surface area (Å²) in [5.41, 5.74) is 0.161. The molecule has 0 fully saturated rings. The molecule has 0 unspecified atom stereocenters. The summed E-state index contributed by atoms with van der Waals surface area (Å²) < 4.78 is 0. The van der Waals surface area contributed by atoms with E-state index in [1.165, 1.54) is 0 Å². The molecule has 0 aliphatic heterocycles. The Bertz CT molecular complexity index is 145. The Morgan fingerprint density at radius 3 is 2.27 bits per heavy atom. The first-order valence-electron chi connectivity index (χ1n) is 3.08. The van der Waals surface area contributed by atoms with Crippen molar-refractivity contribution in [1.29, 1.82) is 0 Å². The first-order valence-corrected chi connectivity index (χ1v) is 3.08. The molecule has 0 spiro atoms. The van der Waals surface area contributed by atoms with E-state index < -0.39 is 5.97 Å². The molecule has 0 aromatic heterocycles. The van der Waals surface area contributed by atoms with Crippen LogP contribution >= 0.6 is 12.4 Å². The predicted molar refractivity (Wildman–Crippen MR) is 44.6 cm³/mol. The van der Waals surface area contributed by atoms with Crippen LogP contribution in [0.3, 0.4) is 0 Å². The van der Waals surface area contributed by atoms with Crippen LogP contribution in [0.25, 0.3) is 0 Å². The van der Waals surface area contributed by atoms with E-state index in [0.717, 1.165) is 0 Å². The molecule has 0 aromatic rings. The van der Waals surface area contributed by atoms with Crippen LogP contribution in [0.4, 0.5) is 0 Å². The summed E-state index contributed by atoms with van der Waals surface area (Å²) >= 11 is 0. The number of carboxylic acids is 1. The Labute approximate surface area is 73.1 Å². The quantitative estimate of drug-likeness (QED) is 0.554. The molecule has 0 aliphatic carbocycles. The second-order valence-electron chi connectivity index (χ2n) is 2.44. The van der Waals surface area contributed by atoms with Crippen molar-refractivity contribution in [1.82, 2.24) is 4.90 Å². The zero-order valence-electron chi connectivity index (χ0n) is 6.79. The fourth-order valence-corrected chi connectivity index (χ4v) is 0.461. The lowest BCUT2D eigenvalue weighted by molar-refractivity contribution is -0.299. The molecule has 0 saturated heterocycles. The Hall–Kier alpha value is -0.540. The lowest BCUT2D eigenvalue weighted by Crippen LogP contribution is -2.26. The van der Waals surface area contributed by atoms with Gasteiger partial charge in [0.05, 0.1) is 5.97 Å². The van der Waals surface area contributed by atoms with Crippen LogP contribution in [0, 0.1) is 0 Å². The van der Waals surface area contributed by atoms with Crippen LogP contribution in [0.5, 0.6) is 0 Å². The normalized spacial score (nSPS) is 9.00. The molecule has 11 heavy (non-hydrogen) atoms. The maximum absolute atomic E-state index is 10.1. The second-order valence-corrected chi connectivity index (χ2v) is 2.44. The van der Waals surface area contributed by atoms with Gasteiger partial charge in [-0.15, -0.1) is 12.4 Å². The van der Waals surface area contributed by atoms with Crippen LogP contribution in [-0.2, 0) is 4.79 Å². The highest BCUT2D eigenvalue weighted by Gasteiger charge is 1.95. The van der Waals surface area contributed by atoms with E-state index in [9.17, 15) is 9.90 Å². The smallest absolute Gasteiger partial charge is 0.0669 e. The van der Waals surface area contributed by atoms with Crippen LogP contribution in [0.1, 0.15) is 6.42 Å². The highest BCUT2D eigenvalue weighted by Crippen LogP contribution is 1.95. The molecule has 0 amide bonds. The molecule has 4 heteroatoms. The molecule has 0 atom stereocenters. The van der Waals surface area contributed by atoms with Gasteiger partial charge in [0.25, 0.3) is 0 Å².